The van der Waals surface area contributed by atoms with Crippen LogP contribution in [0.4, 0.5) is 0 Å². The van der Waals surface area contributed by atoms with Gasteiger partial charge in [0.15, 0.2) is 17.5 Å². The van der Waals surface area contributed by atoms with E-state index in [0.29, 0.717) is 17.5 Å². The Balaban J connectivity index is 1.02. The summed E-state index contributed by atoms with van der Waals surface area (Å²) in [5.74, 6) is 3.67. The lowest BCUT2D eigenvalue weighted by Crippen LogP contribution is -2.32. The molecule has 10 aromatic rings. The molecule has 8 aromatic carbocycles. The van der Waals surface area contributed by atoms with Crippen LogP contribution in [0.25, 0.3) is 76.6 Å². The minimum atomic E-state index is -0.534. The van der Waals surface area contributed by atoms with Gasteiger partial charge in [-0.15, -0.1) is 11.3 Å². The van der Waals surface area contributed by atoms with Gasteiger partial charge < -0.3 is 4.74 Å². The molecule has 1 aliphatic heterocycles. The number of thiophene rings is 1. The molecule has 0 unspecified atom stereocenters. The van der Waals surface area contributed by atoms with Gasteiger partial charge in [-0.1, -0.05) is 152 Å². The van der Waals surface area contributed by atoms with E-state index in [0.717, 1.165) is 50.4 Å². The third kappa shape index (κ3) is 4.82. The molecule has 0 saturated carbocycles. The summed E-state index contributed by atoms with van der Waals surface area (Å²) in [6.07, 6.45) is 0. The largest absolute Gasteiger partial charge is 0.457 e. The lowest BCUT2D eigenvalue weighted by atomic mass is 9.66. The third-order valence-electron chi connectivity index (χ3n) is 11.6. The first kappa shape index (κ1) is 32.1. The van der Waals surface area contributed by atoms with E-state index in [1.165, 1.54) is 42.4 Å². The predicted molar refractivity (Wildman–Crippen MR) is 232 cm³/mol. The maximum absolute atomic E-state index is 6.71. The molecule has 2 aliphatic rings. The van der Waals surface area contributed by atoms with Crippen molar-refractivity contribution in [2.75, 3.05) is 0 Å². The number of fused-ring (bicyclic) bond motifs is 12. The van der Waals surface area contributed by atoms with Crippen LogP contribution in [0.5, 0.6) is 11.5 Å². The molecule has 0 bridgehead atoms. The highest BCUT2D eigenvalue weighted by Crippen LogP contribution is 2.62. The van der Waals surface area contributed by atoms with Crippen molar-refractivity contribution in [2.24, 2.45) is 0 Å². The van der Waals surface area contributed by atoms with E-state index in [1.807, 2.05) is 18.2 Å². The molecule has 5 heteroatoms. The molecule has 4 nitrogen and oxygen atoms in total. The number of benzene rings is 8. The molecule has 0 atom stereocenters. The van der Waals surface area contributed by atoms with E-state index >= 15 is 0 Å². The van der Waals surface area contributed by atoms with Crippen molar-refractivity contribution >= 4 is 31.5 Å². The number of para-hydroxylation sites is 1. The molecule has 0 saturated heterocycles. The number of rotatable bonds is 4. The van der Waals surface area contributed by atoms with Crippen molar-refractivity contribution < 1.29 is 4.74 Å². The zero-order chi connectivity index (χ0) is 37.5. The van der Waals surface area contributed by atoms with Crippen LogP contribution in [0.2, 0.25) is 0 Å². The SMILES string of the molecule is c1ccc(-c2nc(-c3cccc(-c4ccc5c(c4)C4(c6ccccc6O5)c5ccccc5-c5ccccc54)c3)nc(-c3ccc4c(c3)sc3ccccc34)n2)cc1. The summed E-state index contributed by atoms with van der Waals surface area (Å²) in [5.41, 5.74) is 11.8. The van der Waals surface area contributed by atoms with Gasteiger partial charge in [-0.2, -0.15) is 0 Å². The van der Waals surface area contributed by atoms with E-state index < -0.39 is 5.41 Å². The highest BCUT2D eigenvalue weighted by Gasteiger charge is 2.51. The number of aromatic nitrogens is 3. The third-order valence-corrected chi connectivity index (χ3v) is 12.7. The number of hydrogen-bond donors (Lipinski definition) is 0. The first-order valence-electron chi connectivity index (χ1n) is 19.2. The van der Waals surface area contributed by atoms with Gasteiger partial charge in [0, 0.05) is 48.0 Å². The molecule has 1 aliphatic carbocycles. The fraction of sp³-hybridized carbons (Fsp3) is 0.0192. The molecular formula is C52H31N3OS. The maximum Gasteiger partial charge on any atom is 0.164 e. The van der Waals surface area contributed by atoms with E-state index in [-0.39, 0.29) is 0 Å². The van der Waals surface area contributed by atoms with Crippen molar-refractivity contribution in [1.29, 1.82) is 0 Å². The van der Waals surface area contributed by atoms with E-state index in [4.69, 9.17) is 19.7 Å². The van der Waals surface area contributed by atoms with Crippen LogP contribution >= 0.6 is 11.3 Å². The molecule has 266 valence electrons. The van der Waals surface area contributed by atoms with Crippen LogP contribution in [-0.4, -0.2) is 15.0 Å². The Kier molecular flexibility index (Phi) is 6.98. The molecule has 12 rings (SSSR count). The minimum absolute atomic E-state index is 0.534. The predicted octanol–water partition coefficient (Wildman–Crippen LogP) is 13.4. The Morgan fingerprint density at radius 1 is 0.351 bits per heavy atom. The van der Waals surface area contributed by atoms with Crippen LogP contribution < -0.4 is 4.74 Å². The smallest absolute Gasteiger partial charge is 0.164 e. The van der Waals surface area contributed by atoms with Crippen molar-refractivity contribution in [2.45, 2.75) is 5.41 Å². The normalized spacial score (nSPS) is 13.2. The van der Waals surface area contributed by atoms with Crippen molar-refractivity contribution in [1.82, 2.24) is 15.0 Å². The fourth-order valence-corrected chi connectivity index (χ4v) is 10.2. The Bertz CT molecular complexity index is 3200. The van der Waals surface area contributed by atoms with E-state index in [9.17, 15) is 0 Å². The average Bonchev–Trinajstić information content (AvgIpc) is 3.80. The van der Waals surface area contributed by atoms with Crippen LogP contribution in [0.15, 0.2) is 188 Å². The molecule has 0 amide bonds. The lowest BCUT2D eigenvalue weighted by molar-refractivity contribution is 0.436. The standard InChI is InChI=1S/C52H31N3OS/c1-2-13-32(14-3-1)49-53-50(55-51(54-49)36-25-27-40-39-19-6-11-24-47(39)57-48(40)31-36)35-16-12-15-33(29-35)34-26-28-46-44(30-34)52(43-22-9-10-23-45(43)56-46)41-20-7-4-17-37(41)38-18-5-8-21-42(38)52/h1-31H. The van der Waals surface area contributed by atoms with E-state index in [2.05, 4.69) is 170 Å². The summed E-state index contributed by atoms with van der Waals surface area (Å²) in [6, 6.07) is 66.6. The second-order valence-corrected chi connectivity index (χ2v) is 15.8. The number of hydrogen-bond acceptors (Lipinski definition) is 5. The summed E-state index contributed by atoms with van der Waals surface area (Å²) in [7, 11) is 0. The van der Waals surface area contributed by atoms with Crippen LogP contribution in [-0.2, 0) is 5.41 Å². The summed E-state index contributed by atoms with van der Waals surface area (Å²) in [6.45, 7) is 0. The monoisotopic (exact) mass is 745 g/mol. The Hall–Kier alpha value is -7.21. The molecule has 0 radical (unpaired) electrons. The molecule has 0 fully saturated rings. The first-order chi connectivity index (χ1) is 28.2. The van der Waals surface area contributed by atoms with Gasteiger partial charge in [0.25, 0.3) is 0 Å². The highest BCUT2D eigenvalue weighted by molar-refractivity contribution is 7.25. The molecule has 3 heterocycles. The van der Waals surface area contributed by atoms with Gasteiger partial charge in [0.1, 0.15) is 11.5 Å². The van der Waals surface area contributed by atoms with E-state index in [1.54, 1.807) is 11.3 Å². The van der Waals surface area contributed by atoms with Crippen molar-refractivity contribution in [3.8, 4) is 67.9 Å². The number of ether oxygens (including phenoxy) is 1. The quantitative estimate of drug-likeness (QED) is 0.180. The van der Waals surface area contributed by atoms with Gasteiger partial charge in [-0.05, 0) is 69.8 Å². The fourth-order valence-electron chi connectivity index (χ4n) is 9.09. The van der Waals surface area contributed by atoms with Gasteiger partial charge in [0.05, 0.1) is 5.41 Å². The van der Waals surface area contributed by atoms with Crippen LogP contribution in [0.1, 0.15) is 22.3 Å². The van der Waals surface area contributed by atoms with Gasteiger partial charge >= 0.3 is 0 Å². The number of nitrogens with zero attached hydrogens (tertiary/aromatic N) is 3. The van der Waals surface area contributed by atoms with Gasteiger partial charge in [-0.25, -0.2) is 15.0 Å². The first-order valence-corrected chi connectivity index (χ1v) is 20.0. The topological polar surface area (TPSA) is 47.9 Å². The summed E-state index contributed by atoms with van der Waals surface area (Å²) in [4.78, 5) is 15.3. The second-order valence-electron chi connectivity index (χ2n) is 14.7. The Labute approximate surface area is 333 Å². The lowest BCUT2D eigenvalue weighted by Gasteiger charge is -2.39. The Morgan fingerprint density at radius 3 is 1.68 bits per heavy atom. The molecule has 0 N–H and O–H groups in total. The van der Waals surface area contributed by atoms with Gasteiger partial charge in [0.2, 0.25) is 0 Å². The molecule has 2 aromatic heterocycles. The molecule has 1 spiro atoms. The molecular weight excluding hydrogens is 715 g/mol. The summed E-state index contributed by atoms with van der Waals surface area (Å²) < 4.78 is 9.19. The van der Waals surface area contributed by atoms with Crippen LogP contribution in [0, 0.1) is 0 Å². The highest BCUT2D eigenvalue weighted by atomic mass is 32.1. The van der Waals surface area contributed by atoms with Crippen molar-refractivity contribution in [3.05, 3.63) is 210 Å². The zero-order valence-electron chi connectivity index (χ0n) is 30.6. The van der Waals surface area contributed by atoms with Gasteiger partial charge in [-0.3, -0.25) is 0 Å². The zero-order valence-corrected chi connectivity index (χ0v) is 31.4. The average molecular weight is 746 g/mol. The van der Waals surface area contributed by atoms with Crippen LogP contribution in [0.3, 0.4) is 0 Å². The maximum atomic E-state index is 6.71. The Morgan fingerprint density at radius 2 is 0.895 bits per heavy atom. The minimum Gasteiger partial charge on any atom is -0.457 e. The second kappa shape index (κ2) is 12.4. The summed E-state index contributed by atoms with van der Waals surface area (Å²) >= 11 is 1.80. The summed E-state index contributed by atoms with van der Waals surface area (Å²) in [5, 5.41) is 2.52. The molecule has 57 heavy (non-hydrogen) atoms. The van der Waals surface area contributed by atoms with Crippen molar-refractivity contribution in [3.63, 3.8) is 0 Å².